The third-order valence-electron chi connectivity index (χ3n) is 3.83. The summed E-state index contributed by atoms with van der Waals surface area (Å²) in [6.07, 6.45) is 4.91. The van der Waals surface area contributed by atoms with Crippen molar-refractivity contribution in [1.29, 1.82) is 0 Å². The third-order valence-corrected chi connectivity index (χ3v) is 5.19. The van der Waals surface area contributed by atoms with Crippen molar-refractivity contribution in [3.63, 3.8) is 0 Å². The summed E-state index contributed by atoms with van der Waals surface area (Å²) in [6.45, 7) is 5.13. The van der Waals surface area contributed by atoms with Crippen molar-refractivity contribution in [1.82, 2.24) is 10.0 Å². The van der Waals surface area contributed by atoms with Gasteiger partial charge < -0.3 is 5.32 Å². The summed E-state index contributed by atoms with van der Waals surface area (Å²) in [5.41, 5.74) is 0. The van der Waals surface area contributed by atoms with E-state index in [1.54, 1.807) is 0 Å². The molecule has 0 radical (unpaired) electrons. The van der Waals surface area contributed by atoms with Gasteiger partial charge in [0.25, 0.3) is 0 Å². The number of hydrogen-bond donors (Lipinski definition) is 2. The Labute approximate surface area is 106 Å². The maximum Gasteiger partial charge on any atom is 0.212 e. The number of sulfonamides is 1. The molecule has 1 saturated carbocycles. The molecule has 0 heterocycles. The molecule has 1 aliphatic carbocycles. The SMILES string of the molecule is CNS(=O)(=O)CCNC1CCC(C(C)C)CC1. The highest BCUT2D eigenvalue weighted by Crippen LogP contribution is 2.29. The van der Waals surface area contributed by atoms with Crippen LogP contribution in [-0.4, -0.2) is 33.8 Å². The predicted octanol–water partition coefficient (Wildman–Crippen LogP) is 1.34. The van der Waals surface area contributed by atoms with Gasteiger partial charge in [-0.25, -0.2) is 13.1 Å². The Morgan fingerprint density at radius 2 is 1.76 bits per heavy atom. The van der Waals surface area contributed by atoms with Crippen LogP contribution in [0.15, 0.2) is 0 Å². The second-order valence-corrected chi connectivity index (χ2v) is 7.38. The molecule has 0 amide bonds. The van der Waals surface area contributed by atoms with Crippen LogP contribution in [0.3, 0.4) is 0 Å². The number of nitrogens with one attached hydrogen (secondary N) is 2. The fraction of sp³-hybridized carbons (Fsp3) is 1.00. The Kier molecular flexibility index (Phi) is 5.89. The second kappa shape index (κ2) is 6.71. The van der Waals surface area contributed by atoms with E-state index in [0.29, 0.717) is 12.6 Å². The first-order valence-corrected chi connectivity index (χ1v) is 8.24. The minimum atomic E-state index is -3.06. The lowest BCUT2D eigenvalue weighted by Crippen LogP contribution is -2.38. The molecule has 0 aliphatic heterocycles. The minimum absolute atomic E-state index is 0.174. The molecule has 0 aromatic rings. The van der Waals surface area contributed by atoms with Gasteiger partial charge in [0.1, 0.15) is 0 Å². The van der Waals surface area contributed by atoms with Crippen LogP contribution in [-0.2, 0) is 10.0 Å². The van der Waals surface area contributed by atoms with E-state index in [1.165, 1.54) is 32.7 Å². The molecule has 5 heteroatoms. The summed E-state index contributed by atoms with van der Waals surface area (Å²) in [6, 6.07) is 0.511. The summed E-state index contributed by atoms with van der Waals surface area (Å²) in [7, 11) is -1.60. The van der Waals surface area contributed by atoms with Crippen LogP contribution < -0.4 is 10.0 Å². The van der Waals surface area contributed by atoms with Crippen molar-refractivity contribution >= 4 is 10.0 Å². The van der Waals surface area contributed by atoms with Crippen LogP contribution in [0, 0.1) is 11.8 Å². The molecule has 4 nitrogen and oxygen atoms in total. The smallest absolute Gasteiger partial charge is 0.212 e. The van der Waals surface area contributed by atoms with Crippen molar-refractivity contribution in [2.75, 3.05) is 19.3 Å². The van der Waals surface area contributed by atoms with E-state index in [-0.39, 0.29) is 5.75 Å². The molecule has 0 aromatic carbocycles. The second-order valence-electron chi connectivity index (χ2n) is 5.33. The topological polar surface area (TPSA) is 58.2 Å². The van der Waals surface area contributed by atoms with Crippen molar-refractivity contribution < 1.29 is 8.42 Å². The van der Waals surface area contributed by atoms with Gasteiger partial charge in [-0.1, -0.05) is 13.8 Å². The minimum Gasteiger partial charge on any atom is -0.313 e. The maximum absolute atomic E-state index is 11.2. The summed E-state index contributed by atoms with van der Waals surface area (Å²) in [5, 5.41) is 3.35. The van der Waals surface area contributed by atoms with Crippen LogP contribution in [0.2, 0.25) is 0 Å². The average Bonchev–Trinajstić information content (AvgIpc) is 2.29. The van der Waals surface area contributed by atoms with Gasteiger partial charge in [-0.05, 0) is 44.6 Å². The van der Waals surface area contributed by atoms with Crippen LogP contribution in [0.1, 0.15) is 39.5 Å². The molecule has 1 aliphatic rings. The van der Waals surface area contributed by atoms with Crippen molar-refractivity contribution in [2.45, 2.75) is 45.6 Å². The van der Waals surface area contributed by atoms with Gasteiger partial charge in [0.15, 0.2) is 0 Å². The molecule has 0 unspecified atom stereocenters. The van der Waals surface area contributed by atoms with Gasteiger partial charge >= 0.3 is 0 Å². The first-order valence-electron chi connectivity index (χ1n) is 6.59. The van der Waals surface area contributed by atoms with Gasteiger partial charge in [-0.2, -0.15) is 0 Å². The maximum atomic E-state index is 11.2. The van der Waals surface area contributed by atoms with Crippen LogP contribution in [0.5, 0.6) is 0 Å². The molecule has 2 N–H and O–H groups in total. The van der Waals surface area contributed by atoms with Gasteiger partial charge in [0.05, 0.1) is 5.75 Å². The highest BCUT2D eigenvalue weighted by molar-refractivity contribution is 7.89. The normalized spacial score (nSPS) is 26.4. The predicted molar refractivity (Wildman–Crippen MR) is 71.4 cm³/mol. The van der Waals surface area contributed by atoms with E-state index in [4.69, 9.17) is 0 Å². The van der Waals surface area contributed by atoms with Crippen LogP contribution in [0.4, 0.5) is 0 Å². The molecule has 1 rings (SSSR count). The Hall–Kier alpha value is -0.130. The van der Waals surface area contributed by atoms with Crippen molar-refractivity contribution in [2.24, 2.45) is 11.8 Å². The molecule has 0 aromatic heterocycles. The zero-order valence-electron chi connectivity index (χ0n) is 11.2. The summed E-state index contributed by atoms with van der Waals surface area (Å²) >= 11 is 0. The third kappa shape index (κ3) is 5.36. The van der Waals surface area contributed by atoms with Gasteiger partial charge in [-0.15, -0.1) is 0 Å². The molecule has 0 bridgehead atoms. The largest absolute Gasteiger partial charge is 0.313 e. The fourth-order valence-electron chi connectivity index (χ4n) is 2.49. The quantitative estimate of drug-likeness (QED) is 0.759. The van der Waals surface area contributed by atoms with Crippen LogP contribution in [0.25, 0.3) is 0 Å². The Morgan fingerprint density at radius 3 is 2.24 bits per heavy atom. The molecular weight excluding hydrogens is 236 g/mol. The molecule has 1 fully saturated rings. The van der Waals surface area contributed by atoms with E-state index >= 15 is 0 Å². The van der Waals surface area contributed by atoms with Gasteiger partial charge in [0.2, 0.25) is 10.0 Å². The van der Waals surface area contributed by atoms with Crippen molar-refractivity contribution in [3.8, 4) is 0 Å². The Bertz CT molecular complexity index is 306. The molecule has 102 valence electrons. The average molecular weight is 262 g/mol. The Balaban J connectivity index is 2.19. The summed E-state index contributed by atoms with van der Waals surface area (Å²) < 4.78 is 24.8. The summed E-state index contributed by atoms with van der Waals surface area (Å²) in [4.78, 5) is 0. The molecule has 17 heavy (non-hydrogen) atoms. The molecule has 0 atom stereocenters. The van der Waals surface area contributed by atoms with Crippen LogP contribution >= 0.6 is 0 Å². The monoisotopic (exact) mass is 262 g/mol. The zero-order valence-corrected chi connectivity index (χ0v) is 12.0. The molecule has 0 saturated heterocycles. The van der Waals surface area contributed by atoms with Gasteiger partial charge in [-0.3, -0.25) is 0 Å². The highest BCUT2D eigenvalue weighted by atomic mass is 32.2. The lowest BCUT2D eigenvalue weighted by atomic mass is 9.80. The van der Waals surface area contributed by atoms with E-state index in [1.807, 2.05) is 0 Å². The number of hydrogen-bond acceptors (Lipinski definition) is 3. The fourth-order valence-corrected chi connectivity index (χ4v) is 3.08. The zero-order chi connectivity index (χ0) is 12.9. The lowest BCUT2D eigenvalue weighted by molar-refractivity contribution is 0.240. The first kappa shape index (κ1) is 14.9. The highest BCUT2D eigenvalue weighted by Gasteiger charge is 2.22. The molecule has 0 spiro atoms. The standard InChI is InChI=1S/C12H26N2O2S/c1-10(2)11-4-6-12(7-5-11)14-8-9-17(15,16)13-3/h10-14H,4-9H2,1-3H3. The lowest BCUT2D eigenvalue weighted by Gasteiger charge is -2.31. The van der Waals surface area contributed by atoms with Gasteiger partial charge in [0, 0.05) is 12.6 Å². The summed E-state index contributed by atoms with van der Waals surface area (Å²) in [5.74, 6) is 1.81. The number of rotatable bonds is 6. The van der Waals surface area contributed by atoms with E-state index in [0.717, 1.165) is 11.8 Å². The molecular formula is C12H26N2O2S. The first-order chi connectivity index (χ1) is 7.94. The van der Waals surface area contributed by atoms with E-state index in [2.05, 4.69) is 23.9 Å². The van der Waals surface area contributed by atoms with Crippen molar-refractivity contribution in [3.05, 3.63) is 0 Å². The Morgan fingerprint density at radius 1 is 1.18 bits per heavy atom. The van der Waals surface area contributed by atoms with E-state index in [9.17, 15) is 8.42 Å². The van der Waals surface area contributed by atoms with E-state index < -0.39 is 10.0 Å².